The maximum atomic E-state index is 11.9. The molecule has 5 nitrogen and oxygen atoms in total. The monoisotopic (exact) mass is 304 g/mol. The van der Waals surface area contributed by atoms with Gasteiger partial charge in [0.25, 0.3) is 0 Å². The van der Waals surface area contributed by atoms with Crippen molar-refractivity contribution in [1.82, 2.24) is 9.88 Å². The van der Waals surface area contributed by atoms with Crippen molar-refractivity contribution in [2.24, 2.45) is 11.7 Å². The quantitative estimate of drug-likeness (QED) is 0.884. The molecule has 0 aromatic carbocycles. The van der Waals surface area contributed by atoms with Gasteiger partial charge in [0.05, 0.1) is 12.2 Å². The third-order valence-corrected chi connectivity index (χ3v) is 4.04. The normalized spacial score (nSPS) is 19.8. The molecule has 1 amide bonds. The summed E-state index contributed by atoms with van der Waals surface area (Å²) >= 11 is 1.46. The standard InChI is InChI=1S/C12H20N4OS.ClH/c1-9-8-18-12(14-9)15-11(17)7-16-4-2-3-10(5-13)6-16;/h8,10H,2-7,13H2,1H3,(H,14,15,17);1H. The molecule has 2 rings (SSSR count). The molecule has 0 radical (unpaired) electrons. The van der Waals surface area contributed by atoms with E-state index in [2.05, 4.69) is 15.2 Å². The van der Waals surface area contributed by atoms with Crippen LogP contribution in [0.5, 0.6) is 0 Å². The van der Waals surface area contributed by atoms with Crippen molar-refractivity contribution in [1.29, 1.82) is 0 Å². The summed E-state index contributed by atoms with van der Waals surface area (Å²) in [6, 6.07) is 0. The van der Waals surface area contributed by atoms with E-state index in [1.807, 2.05) is 12.3 Å². The van der Waals surface area contributed by atoms with Crippen molar-refractivity contribution >= 4 is 34.8 Å². The second-order valence-electron chi connectivity index (χ2n) is 4.82. The predicted molar refractivity (Wildman–Crippen MR) is 80.9 cm³/mol. The van der Waals surface area contributed by atoms with Gasteiger partial charge in [0.15, 0.2) is 5.13 Å². The number of rotatable bonds is 4. The lowest BCUT2D eigenvalue weighted by Gasteiger charge is -2.31. The van der Waals surface area contributed by atoms with E-state index in [-0.39, 0.29) is 18.3 Å². The number of likely N-dealkylation sites (tertiary alicyclic amines) is 1. The highest BCUT2D eigenvalue weighted by molar-refractivity contribution is 7.13. The number of nitrogens with zero attached hydrogens (tertiary/aromatic N) is 2. The Morgan fingerprint density at radius 2 is 2.47 bits per heavy atom. The van der Waals surface area contributed by atoms with Crippen LogP contribution in [-0.2, 0) is 4.79 Å². The summed E-state index contributed by atoms with van der Waals surface area (Å²) in [6.07, 6.45) is 2.31. The molecule has 0 bridgehead atoms. The molecule has 2 heterocycles. The van der Waals surface area contributed by atoms with E-state index in [4.69, 9.17) is 5.73 Å². The molecule has 0 spiro atoms. The van der Waals surface area contributed by atoms with Crippen molar-refractivity contribution in [2.75, 3.05) is 31.5 Å². The third-order valence-electron chi connectivity index (χ3n) is 3.17. The first-order valence-corrected chi connectivity index (χ1v) is 7.19. The Bertz CT molecular complexity index is 412. The highest BCUT2D eigenvalue weighted by atomic mass is 35.5. The highest BCUT2D eigenvalue weighted by Crippen LogP contribution is 2.16. The molecule has 1 aromatic heterocycles. The van der Waals surface area contributed by atoms with Gasteiger partial charge in [-0.3, -0.25) is 9.69 Å². The van der Waals surface area contributed by atoms with Gasteiger partial charge in [-0.1, -0.05) is 0 Å². The van der Waals surface area contributed by atoms with Crippen LogP contribution in [0.2, 0.25) is 0 Å². The van der Waals surface area contributed by atoms with Crippen LogP contribution in [0, 0.1) is 12.8 Å². The molecule has 19 heavy (non-hydrogen) atoms. The van der Waals surface area contributed by atoms with E-state index in [0.717, 1.165) is 25.2 Å². The van der Waals surface area contributed by atoms with Crippen LogP contribution in [0.4, 0.5) is 5.13 Å². The number of carbonyl (C=O) groups is 1. The number of aromatic nitrogens is 1. The second kappa shape index (κ2) is 7.79. The molecule has 3 N–H and O–H groups in total. The molecule has 0 aliphatic carbocycles. The van der Waals surface area contributed by atoms with Crippen LogP contribution in [0.3, 0.4) is 0 Å². The number of anilines is 1. The minimum absolute atomic E-state index is 0. The number of hydrogen-bond acceptors (Lipinski definition) is 5. The Hall–Kier alpha value is -0.690. The number of hydrogen-bond donors (Lipinski definition) is 2. The fourth-order valence-corrected chi connectivity index (χ4v) is 2.96. The summed E-state index contributed by atoms with van der Waals surface area (Å²) < 4.78 is 0. The van der Waals surface area contributed by atoms with Crippen LogP contribution in [0.1, 0.15) is 18.5 Å². The minimum Gasteiger partial charge on any atom is -0.330 e. The largest absolute Gasteiger partial charge is 0.330 e. The van der Waals surface area contributed by atoms with E-state index in [1.54, 1.807) is 0 Å². The van der Waals surface area contributed by atoms with Crippen LogP contribution in [-0.4, -0.2) is 42.0 Å². The fraction of sp³-hybridized carbons (Fsp3) is 0.667. The van der Waals surface area contributed by atoms with E-state index in [9.17, 15) is 4.79 Å². The van der Waals surface area contributed by atoms with Gasteiger partial charge in [0, 0.05) is 11.9 Å². The van der Waals surface area contributed by atoms with Crippen molar-refractivity contribution in [3.05, 3.63) is 11.1 Å². The van der Waals surface area contributed by atoms with Gasteiger partial charge in [0.1, 0.15) is 0 Å². The second-order valence-corrected chi connectivity index (χ2v) is 5.68. The van der Waals surface area contributed by atoms with Crippen molar-refractivity contribution < 1.29 is 4.79 Å². The molecular weight excluding hydrogens is 284 g/mol. The maximum Gasteiger partial charge on any atom is 0.240 e. The Labute approximate surface area is 124 Å². The van der Waals surface area contributed by atoms with Crippen molar-refractivity contribution in [3.8, 4) is 0 Å². The molecule has 1 aliphatic rings. The molecule has 1 aliphatic heterocycles. The first-order chi connectivity index (χ1) is 8.67. The SMILES string of the molecule is Cc1csc(NC(=O)CN2CCCC(CN)C2)n1.Cl. The molecule has 0 saturated carbocycles. The summed E-state index contributed by atoms with van der Waals surface area (Å²) in [5, 5.41) is 5.46. The van der Waals surface area contributed by atoms with Gasteiger partial charge in [0.2, 0.25) is 5.91 Å². The lowest BCUT2D eigenvalue weighted by molar-refractivity contribution is -0.117. The minimum atomic E-state index is 0. The van der Waals surface area contributed by atoms with E-state index in [1.165, 1.54) is 17.8 Å². The topological polar surface area (TPSA) is 71.2 Å². The lowest BCUT2D eigenvalue weighted by Crippen LogP contribution is -2.42. The molecule has 1 saturated heterocycles. The Kier molecular flexibility index (Phi) is 6.71. The average molecular weight is 305 g/mol. The fourth-order valence-electron chi connectivity index (χ4n) is 2.26. The molecule has 1 atom stereocenters. The van der Waals surface area contributed by atoms with E-state index >= 15 is 0 Å². The highest BCUT2D eigenvalue weighted by Gasteiger charge is 2.20. The van der Waals surface area contributed by atoms with Gasteiger partial charge >= 0.3 is 0 Å². The van der Waals surface area contributed by atoms with Gasteiger partial charge in [-0.05, 0) is 38.8 Å². The van der Waals surface area contributed by atoms with E-state index in [0.29, 0.717) is 24.1 Å². The zero-order valence-electron chi connectivity index (χ0n) is 11.1. The van der Waals surface area contributed by atoms with Crippen LogP contribution >= 0.6 is 23.7 Å². The molecule has 1 aromatic rings. The van der Waals surface area contributed by atoms with E-state index < -0.39 is 0 Å². The number of aryl methyl sites for hydroxylation is 1. The Balaban J connectivity index is 0.00000180. The number of halogens is 1. The predicted octanol–water partition coefficient (Wildman–Crippen LogP) is 1.48. The number of piperidine rings is 1. The lowest BCUT2D eigenvalue weighted by atomic mass is 9.98. The molecular formula is C12H21ClN4OS. The summed E-state index contributed by atoms with van der Waals surface area (Å²) in [5.41, 5.74) is 6.63. The first kappa shape index (κ1) is 16.4. The molecule has 7 heteroatoms. The maximum absolute atomic E-state index is 11.9. The molecule has 1 fully saturated rings. The van der Waals surface area contributed by atoms with Gasteiger partial charge in [-0.15, -0.1) is 23.7 Å². The smallest absolute Gasteiger partial charge is 0.240 e. The molecule has 1 unspecified atom stereocenters. The number of amides is 1. The number of nitrogens with two attached hydrogens (primary N) is 1. The van der Waals surface area contributed by atoms with Gasteiger partial charge in [-0.2, -0.15) is 0 Å². The average Bonchev–Trinajstić information content (AvgIpc) is 2.74. The van der Waals surface area contributed by atoms with Crippen LogP contribution < -0.4 is 11.1 Å². The van der Waals surface area contributed by atoms with Crippen molar-refractivity contribution in [2.45, 2.75) is 19.8 Å². The summed E-state index contributed by atoms with van der Waals surface area (Å²) in [5.74, 6) is 0.552. The van der Waals surface area contributed by atoms with Crippen LogP contribution in [0.25, 0.3) is 0 Å². The zero-order valence-corrected chi connectivity index (χ0v) is 12.7. The number of thiazole rings is 1. The molecule has 108 valence electrons. The first-order valence-electron chi connectivity index (χ1n) is 6.32. The summed E-state index contributed by atoms with van der Waals surface area (Å²) in [4.78, 5) is 18.3. The number of carbonyl (C=O) groups excluding carboxylic acids is 1. The van der Waals surface area contributed by atoms with Gasteiger partial charge < -0.3 is 11.1 Å². The third kappa shape index (κ3) is 5.06. The number of nitrogens with one attached hydrogen (secondary N) is 1. The van der Waals surface area contributed by atoms with Crippen LogP contribution in [0.15, 0.2) is 5.38 Å². The Morgan fingerprint density at radius 1 is 1.68 bits per heavy atom. The Morgan fingerprint density at radius 3 is 3.11 bits per heavy atom. The van der Waals surface area contributed by atoms with Crippen molar-refractivity contribution in [3.63, 3.8) is 0 Å². The summed E-state index contributed by atoms with van der Waals surface area (Å²) in [6.45, 7) is 4.99. The summed E-state index contributed by atoms with van der Waals surface area (Å²) in [7, 11) is 0. The zero-order chi connectivity index (χ0) is 13.0. The van der Waals surface area contributed by atoms with Gasteiger partial charge in [-0.25, -0.2) is 4.98 Å².